The van der Waals surface area contributed by atoms with E-state index in [1.807, 2.05) is 53.4 Å². The second-order valence-electron chi connectivity index (χ2n) is 16.1. The Morgan fingerprint density at radius 3 is 2.24 bits per heavy atom. The molecule has 16 heteroatoms. The molecule has 2 aliphatic rings. The van der Waals surface area contributed by atoms with Crippen molar-refractivity contribution in [1.82, 2.24) is 38.7 Å². The number of alkyl halides is 4. The van der Waals surface area contributed by atoms with E-state index < -0.39 is 26.9 Å². The summed E-state index contributed by atoms with van der Waals surface area (Å²) in [6.07, 6.45) is 8.42. The Bertz CT molecular complexity index is 2070. The summed E-state index contributed by atoms with van der Waals surface area (Å²) in [5, 5.41) is 6.98. The summed E-state index contributed by atoms with van der Waals surface area (Å²) in [5.74, 6) is 0. The standard InChI is InChI=1S/C38H48Br2F4N8OSi/c1-25-21-50(33-19-45-35(39)16-29(25)33)28-15-32(49(23-28)11-7-38(42,43)44)37(53-13-14-54(2,3)4)52-22-26(18-47-52)31-24-51(34-20-46-36(40)17-30(31)34)27-5-9-48(10-6-27)12-8-41/h16-22,24,27-28,32,37H,5-15,23H2,1-4H3. The molecule has 3 unspecified atom stereocenters. The highest BCUT2D eigenvalue weighted by Crippen LogP contribution is 2.40. The van der Waals surface area contributed by atoms with Crippen LogP contribution in [0.15, 0.2) is 58.5 Å². The van der Waals surface area contributed by atoms with E-state index >= 15 is 0 Å². The van der Waals surface area contributed by atoms with E-state index in [4.69, 9.17) is 9.84 Å². The molecule has 5 aromatic rings. The van der Waals surface area contributed by atoms with Crippen molar-refractivity contribution >= 4 is 61.7 Å². The summed E-state index contributed by atoms with van der Waals surface area (Å²) in [5.41, 5.74) is 4.95. The first kappa shape index (κ1) is 39.6. The van der Waals surface area contributed by atoms with Gasteiger partial charge in [-0.05, 0) is 81.8 Å². The van der Waals surface area contributed by atoms with Gasteiger partial charge in [0.25, 0.3) is 0 Å². The number of ether oxygens (including phenoxy) is 1. The molecular weight excluding hydrogens is 848 g/mol. The molecule has 0 amide bonds. The van der Waals surface area contributed by atoms with Crippen LogP contribution < -0.4 is 0 Å². The maximum atomic E-state index is 13.8. The molecule has 3 atom stereocenters. The van der Waals surface area contributed by atoms with Gasteiger partial charge in [0.1, 0.15) is 15.9 Å². The van der Waals surface area contributed by atoms with Crippen molar-refractivity contribution in [2.45, 2.75) is 88.8 Å². The summed E-state index contributed by atoms with van der Waals surface area (Å²) >= 11 is 7.06. The van der Waals surface area contributed by atoms with Crippen molar-refractivity contribution < 1.29 is 22.3 Å². The Morgan fingerprint density at radius 1 is 0.907 bits per heavy atom. The SMILES string of the molecule is Cc1cn(C2CC(C(OCC[Si](C)(C)C)n3cc(-c4cn(C5CCN(CCF)CC5)c5cnc(Br)cc45)cn3)N(CCC(F)(F)F)C2)c2cnc(Br)cc12. The van der Waals surface area contributed by atoms with Crippen LogP contribution in [0.25, 0.3) is 32.9 Å². The third-order valence-corrected chi connectivity index (χ3v) is 13.6. The van der Waals surface area contributed by atoms with Crippen LogP contribution in [0.5, 0.6) is 0 Å². The Morgan fingerprint density at radius 2 is 1.57 bits per heavy atom. The molecule has 54 heavy (non-hydrogen) atoms. The number of hydrogen-bond acceptors (Lipinski definition) is 6. The van der Waals surface area contributed by atoms with Gasteiger partial charge in [-0.1, -0.05) is 19.6 Å². The predicted molar refractivity (Wildman–Crippen MR) is 214 cm³/mol. The smallest absolute Gasteiger partial charge is 0.355 e. The maximum Gasteiger partial charge on any atom is 0.390 e. The molecule has 2 saturated heterocycles. The van der Waals surface area contributed by atoms with Crippen molar-refractivity contribution in [2.24, 2.45) is 0 Å². The molecule has 5 aromatic heterocycles. The molecule has 7 heterocycles. The van der Waals surface area contributed by atoms with Crippen molar-refractivity contribution in [3.63, 3.8) is 0 Å². The van der Waals surface area contributed by atoms with Gasteiger partial charge in [-0.2, -0.15) is 18.3 Å². The van der Waals surface area contributed by atoms with E-state index in [0.717, 1.165) is 79.7 Å². The van der Waals surface area contributed by atoms with Gasteiger partial charge < -0.3 is 18.8 Å². The van der Waals surface area contributed by atoms with Gasteiger partial charge in [-0.25, -0.2) is 19.0 Å². The van der Waals surface area contributed by atoms with Gasteiger partial charge in [-0.15, -0.1) is 0 Å². The Balaban J connectivity index is 1.24. The summed E-state index contributed by atoms with van der Waals surface area (Å²) in [7, 11) is -1.49. The average Bonchev–Trinajstić information content (AvgIpc) is 3.90. The van der Waals surface area contributed by atoms with E-state index in [2.05, 4.69) is 87.9 Å². The van der Waals surface area contributed by atoms with Crippen LogP contribution in [-0.4, -0.2) is 105 Å². The van der Waals surface area contributed by atoms with Gasteiger partial charge in [0.2, 0.25) is 0 Å². The lowest BCUT2D eigenvalue weighted by Gasteiger charge is -2.32. The summed E-state index contributed by atoms with van der Waals surface area (Å²) in [4.78, 5) is 13.2. The van der Waals surface area contributed by atoms with Gasteiger partial charge in [0, 0.05) is 100.0 Å². The number of likely N-dealkylation sites (tertiary alicyclic amines) is 2. The number of aromatic nitrogens is 6. The third kappa shape index (κ3) is 8.83. The van der Waals surface area contributed by atoms with E-state index in [0.29, 0.717) is 26.1 Å². The molecule has 7 rings (SSSR count). The Kier molecular flexibility index (Phi) is 11.8. The van der Waals surface area contributed by atoms with Crippen molar-refractivity contribution in [2.75, 3.05) is 46.0 Å². The van der Waals surface area contributed by atoms with Crippen LogP contribution in [0, 0.1) is 6.92 Å². The minimum atomic E-state index is -4.29. The first-order chi connectivity index (χ1) is 25.7. The van der Waals surface area contributed by atoms with Crippen LogP contribution in [0.4, 0.5) is 17.6 Å². The number of halogens is 6. The van der Waals surface area contributed by atoms with Crippen LogP contribution >= 0.6 is 31.9 Å². The first-order valence-electron chi connectivity index (χ1n) is 18.7. The van der Waals surface area contributed by atoms with Crippen LogP contribution in [0.1, 0.15) is 49.6 Å². The quantitative estimate of drug-likeness (QED) is 0.0667. The van der Waals surface area contributed by atoms with Gasteiger partial charge >= 0.3 is 6.18 Å². The number of rotatable bonds is 13. The largest absolute Gasteiger partial charge is 0.390 e. The van der Waals surface area contributed by atoms with E-state index in [1.54, 1.807) is 0 Å². The van der Waals surface area contributed by atoms with Crippen molar-refractivity contribution in [3.05, 3.63) is 64.1 Å². The van der Waals surface area contributed by atoms with E-state index in [1.165, 1.54) is 0 Å². The molecule has 0 spiro atoms. The van der Waals surface area contributed by atoms with Crippen LogP contribution in [0.2, 0.25) is 25.7 Å². The number of hydrogen-bond donors (Lipinski definition) is 0. The lowest BCUT2D eigenvalue weighted by molar-refractivity contribution is -0.141. The van der Waals surface area contributed by atoms with Crippen molar-refractivity contribution in [3.8, 4) is 11.1 Å². The molecule has 0 bridgehead atoms. The number of fused-ring (bicyclic) bond motifs is 2. The van der Waals surface area contributed by atoms with Gasteiger partial charge in [-0.3, -0.25) is 4.90 Å². The normalized spacial score (nSPS) is 20.2. The Hall–Kier alpha value is -2.63. The van der Waals surface area contributed by atoms with E-state index in [9.17, 15) is 17.6 Å². The molecule has 9 nitrogen and oxygen atoms in total. The zero-order chi connectivity index (χ0) is 38.4. The maximum absolute atomic E-state index is 13.8. The molecular formula is C38H48Br2F4N8OSi. The van der Waals surface area contributed by atoms with Gasteiger partial charge in [0.15, 0.2) is 6.23 Å². The highest BCUT2D eigenvalue weighted by atomic mass is 79.9. The fourth-order valence-electron chi connectivity index (χ4n) is 8.19. The monoisotopic (exact) mass is 894 g/mol. The second-order valence-corrected chi connectivity index (χ2v) is 23.3. The molecule has 0 saturated carbocycles. The van der Waals surface area contributed by atoms with Crippen LogP contribution in [0.3, 0.4) is 0 Å². The highest BCUT2D eigenvalue weighted by molar-refractivity contribution is 9.10. The number of pyridine rings is 2. The molecule has 2 aliphatic heterocycles. The number of nitrogens with zero attached hydrogens (tertiary/aromatic N) is 8. The summed E-state index contributed by atoms with van der Waals surface area (Å²) in [6, 6.07) is 4.73. The minimum Gasteiger partial charge on any atom is -0.355 e. The zero-order valence-electron chi connectivity index (χ0n) is 31.2. The molecule has 0 radical (unpaired) electrons. The number of piperidine rings is 1. The Labute approximate surface area is 331 Å². The minimum absolute atomic E-state index is 0.0836. The lowest BCUT2D eigenvalue weighted by atomic mass is 10.0. The second kappa shape index (κ2) is 16.1. The average molecular weight is 897 g/mol. The first-order valence-corrected chi connectivity index (χ1v) is 24.0. The zero-order valence-corrected chi connectivity index (χ0v) is 35.3. The molecule has 0 aliphatic carbocycles. The summed E-state index contributed by atoms with van der Waals surface area (Å²) in [6.45, 7) is 11.5. The lowest BCUT2D eigenvalue weighted by Crippen LogP contribution is -2.40. The third-order valence-electron chi connectivity index (χ3n) is 11.1. The fraction of sp³-hybridized carbons (Fsp3) is 0.553. The summed E-state index contributed by atoms with van der Waals surface area (Å²) < 4.78 is 68.9. The van der Waals surface area contributed by atoms with Crippen LogP contribution in [-0.2, 0) is 4.74 Å². The van der Waals surface area contributed by atoms with Gasteiger partial charge in [0.05, 0.1) is 42.1 Å². The highest BCUT2D eigenvalue weighted by Gasteiger charge is 2.42. The fourth-order valence-corrected chi connectivity index (χ4v) is 9.58. The van der Waals surface area contributed by atoms with Crippen molar-refractivity contribution in [1.29, 1.82) is 0 Å². The molecule has 0 N–H and O–H groups in total. The van der Waals surface area contributed by atoms with E-state index in [-0.39, 0.29) is 31.3 Å². The number of aryl methyl sites for hydroxylation is 1. The topological polar surface area (TPSA) is 69.2 Å². The molecule has 0 aromatic carbocycles. The predicted octanol–water partition coefficient (Wildman–Crippen LogP) is 9.81. The molecule has 292 valence electrons. The molecule has 2 fully saturated rings.